The Morgan fingerprint density at radius 3 is 1.80 bits per heavy atom. The van der Waals surface area contributed by atoms with Crippen molar-refractivity contribution in [3.8, 4) is 0 Å². The van der Waals surface area contributed by atoms with E-state index in [4.69, 9.17) is 21.1 Å². The lowest BCUT2D eigenvalue weighted by molar-refractivity contribution is -0.149. The van der Waals surface area contributed by atoms with Gasteiger partial charge in [-0.15, -0.1) is 11.6 Å². The summed E-state index contributed by atoms with van der Waals surface area (Å²) in [5.74, 6) is 0.364. The molecule has 0 aliphatic heterocycles. The van der Waals surface area contributed by atoms with E-state index in [1.807, 2.05) is 13.8 Å². The first kappa shape index (κ1) is 29.0. The average molecular weight is 448 g/mol. The van der Waals surface area contributed by atoms with E-state index in [9.17, 15) is 9.59 Å². The zero-order chi connectivity index (χ0) is 22.6. The van der Waals surface area contributed by atoms with E-state index in [0.29, 0.717) is 25.3 Å². The molecule has 0 fully saturated rings. The molecule has 0 aromatic carbocycles. The van der Waals surface area contributed by atoms with Gasteiger partial charge < -0.3 is 9.47 Å². The van der Waals surface area contributed by atoms with Gasteiger partial charge in [-0.25, -0.2) is 9.59 Å². The highest BCUT2D eigenvalue weighted by Gasteiger charge is 2.29. The number of carbonyl (C=O) groups is 2. The van der Waals surface area contributed by atoms with Crippen molar-refractivity contribution in [1.82, 2.24) is 4.90 Å². The summed E-state index contributed by atoms with van der Waals surface area (Å²) in [5.41, 5.74) is 0. The summed E-state index contributed by atoms with van der Waals surface area (Å²) in [6, 6.07) is -0.610. The van der Waals surface area contributed by atoms with Gasteiger partial charge in [-0.05, 0) is 25.2 Å². The largest absolute Gasteiger partial charge is 0.464 e. The van der Waals surface area contributed by atoms with Crippen LogP contribution in [0, 0.1) is 5.92 Å². The van der Waals surface area contributed by atoms with Crippen LogP contribution in [0.25, 0.3) is 0 Å². The second-order valence-electron chi connectivity index (χ2n) is 8.62. The summed E-state index contributed by atoms with van der Waals surface area (Å²) >= 11 is 5.61. The summed E-state index contributed by atoms with van der Waals surface area (Å²) in [7, 11) is 1.60. The van der Waals surface area contributed by atoms with Crippen molar-refractivity contribution in [3.63, 3.8) is 0 Å². The van der Waals surface area contributed by atoms with Gasteiger partial charge >= 0.3 is 12.1 Å². The average Bonchev–Trinajstić information content (AvgIpc) is 2.72. The minimum atomic E-state index is -0.610. The number of esters is 1. The molecule has 0 heterocycles. The van der Waals surface area contributed by atoms with Crippen LogP contribution in [0.3, 0.4) is 0 Å². The maximum Gasteiger partial charge on any atom is 0.410 e. The number of alkyl halides is 1. The van der Waals surface area contributed by atoms with Gasteiger partial charge in [0.25, 0.3) is 0 Å². The number of hydrogen-bond donors (Lipinski definition) is 0. The molecule has 0 spiro atoms. The van der Waals surface area contributed by atoms with E-state index in [0.717, 1.165) is 12.8 Å². The Balaban J connectivity index is 4.01. The molecular weight excluding hydrogens is 402 g/mol. The zero-order valence-electron chi connectivity index (χ0n) is 19.9. The van der Waals surface area contributed by atoms with Gasteiger partial charge in [0.1, 0.15) is 6.04 Å². The van der Waals surface area contributed by atoms with Crippen LogP contribution >= 0.6 is 11.6 Å². The normalized spacial score (nSPS) is 12.1. The minimum absolute atomic E-state index is 0.259. The number of unbranched alkanes of at least 4 members (excludes halogenated alkanes) is 10. The Morgan fingerprint density at radius 1 is 0.800 bits per heavy atom. The Morgan fingerprint density at radius 2 is 1.30 bits per heavy atom. The Labute approximate surface area is 190 Å². The molecule has 0 rings (SSSR count). The molecule has 0 unspecified atom stereocenters. The Hall–Kier alpha value is -0.970. The van der Waals surface area contributed by atoms with E-state index in [-0.39, 0.29) is 18.5 Å². The number of rotatable bonds is 19. The van der Waals surface area contributed by atoms with E-state index in [2.05, 4.69) is 6.92 Å². The number of nitrogens with zero attached hydrogens (tertiary/aromatic N) is 1. The van der Waals surface area contributed by atoms with E-state index < -0.39 is 12.1 Å². The quantitative estimate of drug-likeness (QED) is 0.122. The molecule has 6 heteroatoms. The fourth-order valence-corrected chi connectivity index (χ4v) is 3.45. The molecule has 178 valence electrons. The molecule has 0 saturated carbocycles. The summed E-state index contributed by atoms with van der Waals surface area (Å²) in [4.78, 5) is 26.1. The van der Waals surface area contributed by atoms with Gasteiger partial charge in [0.05, 0.1) is 13.2 Å². The van der Waals surface area contributed by atoms with E-state index in [1.54, 1.807) is 7.05 Å². The molecule has 0 aromatic rings. The van der Waals surface area contributed by atoms with Crippen LogP contribution in [0.2, 0.25) is 0 Å². The fourth-order valence-electron chi connectivity index (χ4n) is 3.34. The van der Waals surface area contributed by atoms with Crippen molar-refractivity contribution in [3.05, 3.63) is 0 Å². The molecule has 0 N–H and O–H groups in total. The van der Waals surface area contributed by atoms with Crippen molar-refractivity contribution < 1.29 is 19.1 Å². The first-order valence-electron chi connectivity index (χ1n) is 12.1. The molecule has 0 aliphatic carbocycles. The third kappa shape index (κ3) is 15.8. The van der Waals surface area contributed by atoms with Crippen molar-refractivity contribution in [2.24, 2.45) is 5.92 Å². The van der Waals surface area contributed by atoms with Crippen molar-refractivity contribution in [1.29, 1.82) is 0 Å². The number of hydrogen-bond acceptors (Lipinski definition) is 4. The number of carbonyl (C=O) groups excluding carboxylic acids is 2. The van der Waals surface area contributed by atoms with Crippen LogP contribution in [0.5, 0.6) is 0 Å². The SMILES string of the molecule is CCCCCCCCCCCCCOC(=O)[C@H](CC(C)C)N(C)C(=O)OCCCCl. The lowest BCUT2D eigenvalue weighted by Crippen LogP contribution is -2.44. The van der Waals surface area contributed by atoms with Gasteiger partial charge in [0.15, 0.2) is 0 Å². The molecule has 0 saturated heterocycles. The molecule has 1 amide bonds. The second-order valence-corrected chi connectivity index (χ2v) is 8.99. The second kappa shape index (κ2) is 20.0. The summed E-state index contributed by atoms with van der Waals surface area (Å²) in [6.07, 6.45) is 14.5. The summed E-state index contributed by atoms with van der Waals surface area (Å²) < 4.78 is 10.6. The molecule has 1 atom stereocenters. The molecule has 0 aromatic heterocycles. The predicted octanol–water partition coefficient (Wildman–Crippen LogP) is 6.95. The van der Waals surface area contributed by atoms with Crippen LogP contribution < -0.4 is 0 Å². The Bertz CT molecular complexity index is 431. The predicted molar refractivity (Wildman–Crippen MR) is 125 cm³/mol. The molecule has 0 aliphatic rings. The van der Waals surface area contributed by atoms with Crippen LogP contribution in [-0.2, 0) is 14.3 Å². The van der Waals surface area contributed by atoms with Crippen LogP contribution in [0.15, 0.2) is 0 Å². The molecular formula is C24H46ClNO4. The van der Waals surface area contributed by atoms with Gasteiger partial charge in [0, 0.05) is 12.9 Å². The maximum absolute atomic E-state index is 12.5. The number of ether oxygens (including phenoxy) is 2. The standard InChI is InChI=1S/C24H46ClNO4/c1-5-6-7-8-9-10-11-12-13-14-15-18-29-23(27)22(20-21(2)3)26(4)24(28)30-19-16-17-25/h21-22H,5-20H2,1-4H3/t22-/m0/s1. The van der Waals surface area contributed by atoms with E-state index in [1.165, 1.54) is 62.7 Å². The first-order chi connectivity index (χ1) is 14.4. The maximum atomic E-state index is 12.5. The highest BCUT2D eigenvalue weighted by Crippen LogP contribution is 2.15. The third-order valence-electron chi connectivity index (χ3n) is 5.22. The summed E-state index contributed by atoms with van der Waals surface area (Å²) in [5, 5.41) is 0. The van der Waals surface area contributed by atoms with Crippen LogP contribution in [0.1, 0.15) is 104 Å². The topological polar surface area (TPSA) is 55.8 Å². The van der Waals surface area contributed by atoms with E-state index >= 15 is 0 Å². The van der Waals surface area contributed by atoms with Crippen LogP contribution in [-0.4, -0.2) is 49.1 Å². The third-order valence-corrected chi connectivity index (χ3v) is 5.49. The molecule has 5 nitrogen and oxygen atoms in total. The van der Waals surface area contributed by atoms with Crippen molar-refractivity contribution in [2.45, 2.75) is 110 Å². The highest BCUT2D eigenvalue weighted by molar-refractivity contribution is 6.17. The minimum Gasteiger partial charge on any atom is -0.464 e. The molecule has 0 bridgehead atoms. The highest BCUT2D eigenvalue weighted by atomic mass is 35.5. The fraction of sp³-hybridized carbons (Fsp3) is 0.917. The Kier molecular flexibility index (Phi) is 19.3. The lowest BCUT2D eigenvalue weighted by atomic mass is 10.0. The molecule has 0 radical (unpaired) electrons. The van der Waals surface area contributed by atoms with Gasteiger partial charge in [-0.3, -0.25) is 4.90 Å². The van der Waals surface area contributed by atoms with Crippen molar-refractivity contribution >= 4 is 23.7 Å². The lowest BCUT2D eigenvalue weighted by Gasteiger charge is -2.27. The van der Waals surface area contributed by atoms with Gasteiger partial charge in [-0.1, -0.05) is 85.0 Å². The van der Waals surface area contributed by atoms with Gasteiger partial charge in [0.2, 0.25) is 0 Å². The number of likely N-dealkylation sites (N-methyl/N-ethyl adjacent to an activating group) is 1. The van der Waals surface area contributed by atoms with Crippen molar-refractivity contribution in [2.75, 3.05) is 26.1 Å². The smallest absolute Gasteiger partial charge is 0.410 e. The molecule has 30 heavy (non-hydrogen) atoms. The summed E-state index contributed by atoms with van der Waals surface area (Å²) in [6.45, 7) is 6.97. The first-order valence-corrected chi connectivity index (χ1v) is 12.6. The van der Waals surface area contributed by atoms with Crippen LogP contribution in [0.4, 0.5) is 4.79 Å². The zero-order valence-corrected chi connectivity index (χ0v) is 20.7. The number of amides is 1. The monoisotopic (exact) mass is 447 g/mol. The van der Waals surface area contributed by atoms with Gasteiger partial charge in [-0.2, -0.15) is 0 Å². The number of halogens is 1.